The van der Waals surface area contributed by atoms with Crippen LogP contribution in [0, 0.1) is 6.92 Å². The minimum Gasteiger partial charge on any atom is -0.378 e. The molecule has 2 heterocycles. The Hall–Kier alpha value is -1.40. The molecule has 2 N–H and O–H groups in total. The smallest absolute Gasteiger partial charge is 0.254 e. The maximum atomic E-state index is 13.0. The topological polar surface area (TPSA) is 68.5 Å². The zero-order chi connectivity index (χ0) is 16.9. The molecule has 1 aromatic heterocycles. The SMILES string of the molecule is Cc1cc(C(=O)N2CCC(OCCCN)CC2)c2ccccc2n1.Cl.Cl. The van der Waals surface area contributed by atoms with Crippen LogP contribution in [-0.4, -0.2) is 48.1 Å². The lowest BCUT2D eigenvalue weighted by molar-refractivity contribution is 0.00849. The Bertz CT molecular complexity index is 719. The van der Waals surface area contributed by atoms with Gasteiger partial charge in [0.25, 0.3) is 5.91 Å². The molecule has 1 aromatic carbocycles. The fourth-order valence-electron chi connectivity index (χ4n) is 3.21. The number of hydrogen-bond donors (Lipinski definition) is 1. The summed E-state index contributed by atoms with van der Waals surface area (Å²) in [7, 11) is 0. The number of aryl methyl sites for hydroxylation is 1. The highest BCUT2D eigenvalue weighted by Gasteiger charge is 2.25. The summed E-state index contributed by atoms with van der Waals surface area (Å²) < 4.78 is 5.82. The van der Waals surface area contributed by atoms with Gasteiger partial charge in [-0.3, -0.25) is 9.78 Å². The van der Waals surface area contributed by atoms with Gasteiger partial charge in [0.15, 0.2) is 0 Å². The second kappa shape index (κ2) is 10.7. The molecular formula is C19H27Cl2N3O2. The van der Waals surface area contributed by atoms with E-state index < -0.39 is 0 Å². The van der Waals surface area contributed by atoms with Crippen molar-refractivity contribution in [1.29, 1.82) is 0 Å². The average Bonchev–Trinajstić information content (AvgIpc) is 2.61. The number of nitrogens with two attached hydrogens (primary N) is 1. The third-order valence-electron chi connectivity index (χ3n) is 4.51. The number of carbonyl (C=O) groups is 1. The second-order valence-corrected chi connectivity index (χ2v) is 6.33. The van der Waals surface area contributed by atoms with Gasteiger partial charge in [-0.25, -0.2) is 0 Å². The van der Waals surface area contributed by atoms with Crippen LogP contribution < -0.4 is 5.73 Å². The second-order valence-electron chi connectivity index (χ2n) is 6.33. The number of benzene rings is 1. The summed E-state index contributed by atoms with van der Waals surface area (Å²) in [4.78, 5) is 19.4. The zero-order valence-corrected chi connectivity index (χ0v) is 16.7. The van der Waals surface area contributed by atoms with Crippen LogP contribution in [0.1, 0.15) is 35.3 Å². The van der Waals surface area contributed by atoms with Crippen molar-refractivity contribution >= 4 is 41.6 Å². The highest BCUT2D eigenvalue weighted by Crippen LogP contribution is 2.22. The molecule has 0 aliphatic carbocycles. The van der Waals surface area contributed by atoms with E-state index in [0.29, 0.717) is 13.2 Å². The molecule has 0 saturated carbocycles. The van der Waals surface area contributed by atoms with Crippen LogP contribution in [0.25, 0.3) is 10.9 Å². The lowest BCUT2D eigenvalue weighted by atomic mass is 10.0. The molecule has 5 nitrogen and oxygen atoms in total. The van der Waals surface area contributed by atoms with Crippen LogP contribution in [0.2, 0.25) is 0 Å². The Kier molecular flexibility index (Phi) is 9.30. The summed E-state index contributed by atoms with van der Waals surface area (Å²) in [6, 6.07) is 9.73. The van der Waals surface area contributed by atoms with Gasteiger partial charge >= 0.3 is 0 Å². The molecule has 0 atom stereocenters. The molecule has 1 amide bonds. The van der Waals surface area contributed by atoms with E-state index in [-0.39, 0.29) is 36.8 Å². The average molecular weight is 400 g/mol. The first-order chi connectivity index (χ1) is 11.7. The number of hydrogen-bond acceptors (Lipinski definition) is 4. The van der Waals surface area contributed by atoms with Gasteiger partial charge < -0.3 is 15.4 Å². The van der Waals surface area contributed by atoms with Gasteiger partial charge in [-0.2, -0.15) is 0 Å². The van der Waals surface area contributed by atoms with Crippen molar-refractivity contribution in [3.05, 3.63) is 41.6 Å². The third kappa shape index (κ3) is 5.30. The van der Waals surface area contributed by atoms with E-state index in [1.807, 2.05) is 42.2 Å². The first-order valence-electron chi connectivity index (χ1n) is 8.66. The predicted molar refractivity (Wildman–Crippen MR) is 110 cm³/mol. The number of likely N-dealkylation sites (tertiary alicyclic amines) is 1. The van der Waals surface area contributed by atoms with Gasteiger partial charge in [0.1, 0.15) is 0 Å². The Balaban J connectivity index is 0.00000169. The molecule has 0 unspecified atom stereocenters. The molecule has 3 rings (SSSR count). The monoisotopic (exact) mass is 399 g/mol. The predicted octanol–water partition coefficient (Wildman–Crippen LogP) is 3.36. The van der Waals surface area contributed by atoms with Crippen LogP contribution in [0.4, 0.5) is 0 Å². The summed E-state index contributed by atoms with van der Waals surface area (Å²) in [5.41, 5.74) is 7.99. The highest BCUT2D eigenvalue weighted by molar-refractivity contribution is 6.06. The molecule has 0 radical (unpaired) electrons. The highest BCUT2D eigenvalue weighted by atomic mass is 35.5. The molecule has 144 valence electrons. The Morgan fingerprint density at radius 1 is 1.27 bits per heavy atom. The number of amides is 1. The number of carbonyl (C=O) groups excluding carboxylic acids is 1. The van der Waals surface area contributed by atoms with Gasteiger partial charge in [0, 0.05) is 30.8 Å². The van der Waals surface area contributed by atoms with Crippen molar-refractivity contribution in [3.63, 3.8) is 0 Å². The minimum atomic E-state index is 0. The quantitative estimate of drug-likeness (QED) is 0.782. The van der Waals surface area contributed by atoms with E-state index in [4.69, 9.17) is 10.5 Å². The standard InChI is InChI=1S/C19H25N3O2.2ClH/c1-14-13-17(16-5-2-3-6-18(16)21-14)19(23)22-10-7-15(8-11-22)24-12-4-9-20;;/h2-3,5-6,13,15H,4,7-12,20H2,1H3;2*1H. The summed E-state index contributed by atoms with van der Waals surface area (Å²) >= 11 is 0. The first kappa shape index (κ1) is 22.6. The fraction of sp³-hybridized carbons (Fsp3) is 0.474. The summed E-state index contributed by atoms with van der Waals surface area (Å²) in [5.74, 6) is 0.0945. The number of ether oxygens (including phenoxy) is 1. The van der Waals surface area contributed by atoms with Crippen molar-refractivity contribution in [2.45, 2.75) is 32.3 Å². The van der Waals surface area contributed by atoms with Crippen LogP contribution in [0.15, 0.2) is 30.3 Å². The van der Waals surface area contributed by atoms with E-state index in [9.17, 15) is 4.79 Å². The summed E-state index contributed by atoms with van der Waals surface area (Å²) in [6.07, 6.45) is 2.91. The van der Waals surface area contributed by atoms with Crippen LogP contribution >= 0.6 is 24.8 Å². The molecular weight excluding hydrogens is 373 g/mol. The normalized spacial score (nSPS) is 14.6. The Labute approximate surface area is 167 Å². The number of nitrogens with zero attached hydrogens (tertiary/aromatic N) is 2. The van der Waals surface area contributed by atoms with Crippen molar-refractivity contribution in [2.75, 3.05) is 26.2 Å². The molecule has 1 aliphatic heterocycles. The molecule has 26 heavy (non-hydrogen) atoms. The van der Waals surface area contributed by atoms with E-state index in [1.165, 1.54) is 0 Å². The van der Waals surface area contributed by atoms with Crippen LogP contribution in [0.3, 0.4) is 0 Å². The van der Waals surface area contributed by atoms with Gasteiger partial charge in [-0.15, -0.1) is 24.8 Å². The Morgan fingerprint density at radius 3 is 2.65 bits per heavy atom. The van der Waals surface area contributed by atoms with Gasteiger partial charge in [0.2, 0.25) is 0 Å². The first-order valence-corrected chi connectivity index (χ1v) is 8.66. The lowest BCUT2D eigenvalue weighted by Gasteiger charge is -2.32. The van der Waals surface area contributed by atoms with E-state index in [0.717, 1.165) is 54.5 Å². The summed E-state index contributed by atoms with van der Waals surface area (Å²) in [6.45, 7) is 4.78. The largest absolute Gasteiger partial charge is 0.378 e. The van der Waals surface area contributed by atoms with Gasteiger partial charge in [-0.05, 0) is 44.9 Å². The molecule has 0 spiro atoms. The molecule has 1 fully saturated rings. The van der Waals surface area contributed by atoms with Crippen molar-refractivity contribution in [3.8, 4) is 0 Å². The number of rotatable bonds is 5. The number of aromatic nitrogens is 1. The minimum absolute atomic E-state index is 0. The number of pyridine rings is 1. The van der Waals surface area contributed by atoms with Crippen LogP contribution in [-0.2, 0) is 4.74 Å². The van der Waals surface area contributed by atoms with Gasteiger partial charge in [-0.1, -0.05) is 18.2 Å². The molecule has 1 saturated heterocycles. The fourth-order valence-corrected chi connectivity index (χ4v) is 3.21. The van der Waals surface area contributed by atoms with Crippen molar-refractivity contribution in [2.24, 2.45) is 5.73 Å². The van der Waals surface area contributed by atoms with Crippen molar-refractivity contribution < 1.29 is 9.53 Å². The zero-order valence-electron chi connectivity index (χ0n) is 15.0. The number of fused-ring (bicyclic) bond motifs is 1. The summed E-state index contributed by atoms with van der Waals surface area (Å²) in [5, 5.41) is 0.925. The van der Waals surface area contributed by atoms with E-state index >= 15 is 0 Å². The van der Waals surface area contributed by atoms with E-state index in [2.05, 4.69) is 4.98 Å². The maximum Gasteiger partial charge on any atom is 0.254 e. The molecule has 2 aromatic rings. The number of piperidine rings is 1. The number of halogens is 2. The molecule has 7 heteroatoms. The molecule has 0 bridgehead atoms. The van der Waals surface area contributed by atoms with E-state index in [1.54, 1.807) is 0 Å². The third-order valence-corrected chi connectivity index (χ3v) is 4.51. The van der Waals surface area contributed by atoms with Crippen LogP contribution in [0.5, 0.6) is 0 Å². The maximum absolute atomic E-state index is 13.0. The lowest BCUT2D eigenvalue weighted by Crippen LogP contribution is -2.41. The molecule has 1 aliphatic rings. The van der Waals surface area contributed by atoms with Gasteiger partial charge in [0.05, 0.1) is 17.2 Å². The Morgan fingerprint density at radius 2 is 1.96 bits per heavy atom. The van der Waals surface area contributed by atoms with Crippen molar-refractivity contribution in [1.82, 2.24) is 9.88 Å². The number of para-hydroxylation sites is 1.